The molecule has 0 heterocycles. The van der Waals surface area contributed by atoms with Gasteiger partial charge in [0.25, 0.3) is 0 Å². The molecule has 0 aliphatic carbocycles. The van der Waals surface area contributed by atoms with Crippen LogP contribution in [0.3, 0.4) is 0 Å². The largest absolute Gasteiger partial charge is 0.294 e. The van der Waals surface area contributed by atoms with Gasteiger partial charge in [0, 0.05) is 12.0 Å². The van der Waals surface area contributed by atoms with Crippen LogP contribution in [0.2, 0.25) is 0 Å². The van der Waals surface area contributed by atoms with Crippen molar-refractivity contribution in [1.29, 1.82) is 0 Å². The number of hydrogen-bond donors (Lipinski definition) is 0. The van der Waals surface area contributed by atoms with Crippen molar-refractivity contribution >= 4 is 5.78 Å². The Balaban J connectivity index is 2.03. The molecular formula is C21H26O. The Kier molecular flexibility index (Phi) is 5.18. The first-order valence-corrected chi connectivity index (χ1v) is 8.04. The zero-order chi connectivity index (χ0) is 16.2. The third-order valence-corrected chi connectivity index (χ3v) is 3.81. The molecule has 0 aromatic heterocycles. The summed E-state index contributed by atoms with van der Waals surface area (Å²) in [7, 11) is 0. The van der Waals surface area contributed by atoms with Crippen LogP contribution in [0.1, 0.15) is 50.9 Å². The van der Waals surface area contributed by atoms with Crippen molar-refractivity contribution < 1.29 is 4.79 Å². The van der Waals surface area contributed by atoms with Crippen LogP contribution >= 0.6 is 0 Å². The van der Waals surface area contributed by atoms with Gasteiger partial charge >= 0.3 is 0 Å². The molecule has 0 radical (unpaired) electrons. The van der Waals surface area contributed by atoms with E-state index < -0.39 is 0 Å². The van der Waals surface area contributed by atoms with Gasteiger partial charge in [-0.1, -0.05) is 82.3 Å². The van der Waals surface area contributed by atoms with Gasteiger partial charge in [-0.25, -0.2) is 0 Å². The van der Waals surface area contributed by atoms with E-state index in [2.05, 4.69) is 39.8 Å². The molecular weight excluding hydrogens is 268 g/mol. The number of carbonyl (C=O) groups excluding carboxylic acids is 1. The van der Waals surface area contributed by atoms with Gasteiger partial charge in [0.15, 0.2) is 5.78 Å². The van der Waals surface area contributed by atoms with E-state index in [1.54, 1.807) is 0 Å². The zero-order valence-electron chi connectivity index (χ0n) is 14.1. The monoisotopic (exact) mass is 294 g/mol. The van der Waals surface area contributed by atoms with Crippen molar-refractivity contribution in [1.82, 2.24) is 0 Å². The zero-order valence-corrected chi connectivity index (χ0v) is 14.1. The van der Waals surface area contributed by atoms with Crippen LogP contribution in [0, 0.1) is 11.3 Å². The number of benzene rings is 2. The molecule has 1 heteroatoms. The Bertz CT molecular complexity index is 603. The maximum atomic E-state index is 12.4. The van der Waals surface area contributed by atoms with E-state index in [0.29, 0.717) is 12.3 Å². The topological polar surface area (TPSA) is 17.1 Å². The first kappa shape index (κ1) is 16.5. The molecule has 116 valence electrons. The minimum absolute atomic E-state index is 0.247. The molecule has 0 bridgehead atoms. The predicted molar refractivity (Wildman–Crippen MR) is 94.1 cm³/mol. The molecule has 1 nitrogen and oxygen atoms in total. The fraction of sp³-hybridized carbons (Fsp3) is 0.381. The number of carbonyl (C=O) groups is 1. The Hall–Kier alpha value is -1.89. The highest BCUT2D eigenvalue weighted by Gasteiger charge is 2.18. The molecule has 0 N–H and O–H groups in total. The first-order chi connectivity index (χ1) is 10.3. The second-order valence-corrected chi connectivity index (χ2v) is 7.44. The molecule has 2 aromatic carbocycles. The number of rotatable bonds is 5. The average Bonchev–Trinajstić information content (AvgIpc) is 2.46. The van der Waals surface area contributed by atoms with E-state index >= 15 is 0 Å². The van der Waals surface area contributed by atoms with Crippen molar-refractivity contribution in [3.63, 3.8) is 0 Å². The number of ketones is 1. The fourth-order valence-electron chi connectivity index (χ4n) is 3.03. The lowest BCUT2D eigenvalue weighted by Crippen LogP contribution is -2.14. The van der Waals surface area contributed by atoms with Crippen LogP contribution < -0.4 is 0 Å². The Morgan fingerprint density at radius 2 is 1.45 bits per heavy atom. The summed E-state index contributed by atoms with van der Waals surface area (Å²) in [6, 6.07) is 18.2. The molecule has 1 unspecified atom stereocenters. The minimum Gasteiger partial charge on any atom is -0.294 e. The van der Waals surface area contributed by atoms with E-state index in [0.717, 1.165) is 17.5 Å². The van der Waals surface area contributed by atoms with Crippen LogP contribution in [0.25, 0.3) is 11.1 Å². The van der Waals surface area contributed by atoms with Crippen LogP contribution in [0.5, 0.6) is 0 Å². The summed E-state index contributed by atoms with van der Waals surface area (Å²) in [5, 5.41) is 0. The van der Waals surface area contributed by atoms with Crippen molar-refractivity contribution in [2.75, 3.05) is 0 Å². The quantitative estimate of drug-likeness (QED) is 0.618. The molecule has 0 amide bonds. The van der Waals surface area contributed by atoms with Gasteiger partial charge < -0.3 is 0 Å². The van der Waals surface area contributed by atoms with E-state index in [9.17, 15) is 4.79 Å². The number of hydrogen-bond acceptors (Lipinski definition) is 1. The maximum Gasteiger partial charge on any atom is 0.163 e. The predicted octanol–water partition coefficient (Wildman–Crippen LogP) is 6.00. The summed E-state index contributed by atoms with van der Waals surface area (Å²) in [5.41, 5.74) is 3.43. The van der Waals surface area contributed by atoms with E-state index in [4.69, 9.17) is 0 Å². The van der Waals surface area contributed by atoms with Crippen molar-refractivity contribution in [3.8, 4) is 11.1 Å². The lowest BCUT2D eigenvalue weighted by molar-refractivity contribution is 0.0954. The summed E-state index contributed by atoms with van der Waals surface area (Å²) in [5.74, 6) is 0.665. The second-order valence-electron chi connectivity index (χ2n) is 7.44. The highest BCUT2D eigenvalue weighted by atomic mass is 16.1. The Morgan fingerprint density at radius 3 is 2.00 bits per heavy atom. The van der Waals surface area contributed by atoms with E-state index in [1.165, 1.54) is 5.56 Å². The minimum atomic E-state index is 0.247. The smallest absolute Gasteiger partial charge is 0.163 e. The van der Waals surface area contributed by atoms with Crippen molar-refractivity contribution in [2.45, 2.75) is 40.5 Å². The normalized spacial score (nSPS) is 12.9. The molecule has 0 aliphatic rings. The summed E-state index contributed by atoms with van der Waals surface area (Å²) >= 11 is 0. The third-order valence-electron chi connectivity index (χ3n) is 3.81. The third kappa shape index (κ3) is 4.84. The molecule has 2 rings (SSSR count). The van der Waals surface area contributed by atoms with Gasteiger partial charge in [-0.05, 0) is 28.9 Å². The first-order valence-electron chi connectivity index (χ1n) is 8.04. The lowest BCUT2D eigenvalue weighted by atomic mass is 9.83. The second kappa shape index (κ2) is 6.91. The fourth-order valence-corrected chi connectivity index (χ4v) is 3.03. The molecule has 0 saturated carbocycles. The summed E-state index contributed by atoms with van der Waals surface area (Å²) in [6.07, 6.45) is 1.70. The Labute approximate surface area is 134 Å². The van der Waals surface area contributed by atoms with Gasteiger partial charge in [0.1, 0.15) is 0 Å². The molecule has 2 aromatic rings. The number of Topliss-reactive ketones (excluding diaryl/α,β-unsaturated/α-hetero) is 1. The molecule has 0 saturated heterocycles. The molecule has 22 heavy (non-hydrogen) atoms. The van der Waals surface area contributed by atoms with Crippen LogP contribution in [-0.2, 0) is 0 Å². The maximum absolute atomic E-state index is 12.4. The summed E-state index contributed by atoms with van der Waals surface area (Å²) < 4.78 is 0. The van der Waals surface area contributed by atoms with Gasteiger partial charge in [0.05, 0.1) is 0 Å². The van der Waals surface area contributed by atoms with Gasteiger partial charge in [-0.2, -0.15) is 0 Å². The van der Waals surface area contributed by atoms with Crippen LogP contribution in [0.15, 0.2) is 54.6 Å². The molecule has 0 fully saturated rings. The Morgan fingerprint density at radius 1 is 0.909 bits per heavy atom. The van der Waals surface area contributed by atoms with Gasteiger partial charge in [0.2, 0.25) is 0 Å². The lowest BCUT2D eigenvalue weighted by Gasteiger charge is -2.22. The standard InChI is InChI=1S/C21H26O/c1-16(15-21(2,3)4)14-20(22)19-12-10-18(11-13-19)17-8-6-5-7-9-17/h5-13,16H,14-15H2,1-4H3. The SMILES string of the molecule is CC(CC(=O)c1ccc(-c2ccccc2)cc1)CC(C)(C)C. The molecule has 0 spiro atoms. The highest BCUT2D eigenvalue weighted by molar-refractivity contribution is 5.96. The van der Waals surface area contributed by atoms with Crippen LogP contribution in [-0.4, -0.2) is 5.78 Å². The van der Waals surface area contributed by atoms with Gasteiger partial charge in [-0.3, -0.25) is 4.79 Å². The molecule has 1 atom stereocenters. The van der Waals surface area contributed by atoms with Crippen LogP contribution in [0.4, 0.5) is 0 Å². The van der Waals surface area contributed by atoms with Crippen molar-refractivity contribution in [3.05, 3.63) is 60.2 Å². The summed E-state index contributed by atoms with van der Waals surface area (Å²) in [6.45, 7) is 8.84. The highest BCUT2D eigenvalue weighted by Crippen LogP contribution is 2.27. The summed E-state index contributed by atoms with van der Waals surface area (Å²) in [4.78, 5) is 12.4. The molecule has 0 aliphatic heterocycles. The van der Waals surface area contributed by atoms with E-state index in [1.807, 2.05) is 42.5 Å². The van der Waals surface area contributed by atoms with Crippen molar-refractivity contribution in [2.24, 2.45) is 11.3 Å². The van der Waals surface area contributed by atoms with Gasteiger partial charge in [-0.15, -0.1) is 0 Å². The van der Waals surface area contributed by atoms with E-state index in [-0.39, 0.29) is 11.2 Å². The average molecular weight is 294 g/mol.